The van der Waals surface area contributed by atoms with Crippen LogP contribution in [0.1, 0.15) is 70.4 Å². The second kappa shape index (κ2) is 17.0. The number of aliphatic hydroxyl groups excluding tert-OH is 1. The van der Waals surface area contributed by atoms with Gasteiger partial charge in [-0.15, -0.1) is 0 Å². The van der Waals surface area contributed by atoms with E-state index >= 15 is 4.79 Å². The lowest BCUT2D eigenvalue weighted by atomic mass is 9.91. The van der Waals surface area contributed by atoms with E-state index in [4.69, 9.17) is 0 Å². The van der Waals surface area contributed by atoms with Crippen LogP contribution in [-0.4, -0.2) is 134 Å². The van der Waals surface area contributed by atoms with Gasteiger partial charge in [-0.25, -0.2) is 0 Å². The smallest absolute Gasteiger partial charge is 0.247 e. The molecule has 2 aromatic carbocycles. The molecule has 0 unspecified atom stereocenters. The number of nitrogens with zero attached hydrogens (tertiary/aromatic N) is 3. The molecule has 0 aliphatic carbocycles. The van der Waals surface area contributed by atoms with E-state index in [-0.39, 0.29) is 51.1 Å². The highest BCUT2D eigenvalue weighted by Gasteiger charge is 2.62. The number of rotatable bonds is 5. The number of hydrogen-bond acceptors (Lipinski definition) is 10. The molecule has 7 rings (SSSR count). The third kappa shape index (κ3) is 8.22. The number of carbonyl (C=O) groups excluding carboxylic acids is 7. The minimum Gasteiger partial charge on any atom is -0.391 e. The molecular formula is C42H54N8O9. The fourth-order valence-corrected chi connectivity index (χ4v) is 9.32. The first-order valence-electron chi connectivity index (χ1n) is 20.6. The average Bonchev–Trinajstić information content (AvgIpc) is 4.01. The van der Waals surface area contributed by atoms with Crippen molar-refractivity contribution in [2.24, 2.45) is 5.92 Å². The highest BCUT2D eigenvalue weighted by atomic mass is 16.3. The number of benzene rings is 2. The summed E-state index contributed by atoms with van der Waals surface area (Å²) in [7, 11) is 0. The zero-order valence-electron chi connectivity index (χ0n) is 33.6. The maximum absolute atomic E-state index is 15.0. The van der Waals surface area contributed by atoms with Crippen LogP contribution in [0.2, 0.25) is 0 Å². The van der Waals surface area contributed by atoms with Crippen molar-refractivity contribution in [2.45, 2.75) is 120 Å². The highest BCUT2D eigenvalue weighted by Crippen LogP contribution is 2.50. The Labute approximate surface area is 342 Å². The van der Waals surface area contributed by atoms with E-state index in [1.165, 1.54) is 21.6 Å². The second-order valence-corrected chi connectivity index (χ2v) is 16.8. The lowest BCUT2D eigenvalue weighted by Gasteiger charge is -2.36. The quantitative estimate of drug-likeness (QED) is 0.204. The first kappa shape index (κ1) is 41.6. The summed E-state index contributed by atoms with van der Waals surface area (Å²) in [5.74, 6) is -4.76. The van der Waals surface area contributed by atoms with Gasteiger partial charge in [-0.05, 0) is 56.6 Å². The summed E-state index contributed by atoms with van der Waals surface area (Å²) in [6, 6.07) is 8.77. The summed E-state index contributed by atoms with van der Waals surface area (Å²) < 4.78 is 0. The van der Waals surface area contributed by atoms with Crippen molar-refractivity contribution < 1.29 is 43.8 Å². The minimum absolute atomic E-state index is 0.0751. The molecule has 5 heterocycles. The average molecular weight is 815 g/mol. The number of para-hydroxylation sites is 1. The fourth-order valence-electron chi connectivity index (χ4n) is 9.32. The van der Waals surface area contributed by atoms with Crippen molar-refractivity contribution >= 4 is 47.0 Å². The van der Waals surface area contributed by atoms with Gasteiger partial charge in [0.05, 0.1) is 12.6 Å². The second-order valence-electron chi connectivity index (χ2n) is 16.8. The van der Waals surface area contributed by atoms with Crippen molar-refractivity contribution in [3.05, 3.63) is 65.7 Å². The molecule has 5 aliphatic heterocycles. The maximum atomic E-state index is 15.0. The van der Waals surface area contributed by atoms with Gasteiger partial charge in [0.25, 0.3) is 0 Å². The summed E-state index contributed by atoms with van der Waals surface area (Å²) in [6.45, 7) is 4.93. The molecule has 4 fully saturated rings. The molecule has 5 aliphatic rings. The Morgan fingerprint density at radius 3 is 2.03 bits per heavy atom. The van der Waals surface area contributed by atoms with Crippen molar-refractivity contribution in [3.8, 4) is 0 Å². The van der Waals surface area contributed by atoms with Crippen LogP contribution in [0.5, 0.6) is 0 Å². The minimum atomic E-state index is -1.72. The van der Waals surface area contributed by atoms with Crippen LogP contribution in [0.15, 0.2) is 54.6 Å². The van der Waals surface area contributed by atoms with E-state index in [9.17, 15) is 39.0 Å². The van der Waals surface area contributed by atoms with Gasteiger partial charge in [0.1, 0.15) is 48.0 Å². The van der Waals surface area contributed by atoms with Gasteiger partial charge < -0.3 is 51.5 Å². The van der Waals surface area contributed by atoms with Crippen molar-refractivity contribution in [1.29, 1.82) is 0 Å². The molecule has 2 aromatic rings. The number of nitrogens with one attached hydrogen (secondary N) is 5. The Morgan fingerprint density at radius 2 is 1.34 bits per heavy atom. The Balaban J connectivity index is 1.28. The molecule has 4 saturated heterocycles. The molecule has 17 heteroatoms. The largest absolute Gasteiger partial charge is 0.391 e. The molecule has 7 amide bonds. The summed E-state index contributed by atoms with van der Waals surface area (Å²) in [4.78, 5) is 103. The summed E-state index contributed by atoms with van der Waals surface area (Å²) in [5, 5.41) is 37.3. The Bertz CT molecular complexity index is 1980. The Morgan fingerprint density at radius 1 is 0.712 bits per heavy atom. The monoisotopic (exact) mass is 814 g/mol. The predicted molar refractivity (Wildman–Crippen MR) is 213 cm³/mol. The summed E-state index contributed by atoms with van der Waals surface area (Å²) >= 11 is 0. The molecule has 7 N–H and O–H groups in total. The van der Waals surface area contributed by atoms with Crippen LogP contribution >= 0.6 is 0 Å². The van der Waals surface area contributed by atoms with Crippen molar-refractivity contribution in [3.63, 3.8) is 0 Å². The van der Waals surface area contributed by atoms with Gasteiger partial charge in [0.2, 0.25) is 41.4 Å². The Kier molecular flexibility index (Phi) is 12.0. The third-order valence-corrected chi connectivity index (χ3v) is 12.2. The van der Waals surface area contributed by atoms with Crippen LogP contribution in [0.4, 0.5) is 5.69 Å². The van der Waals surface area contributed by atoms with Crippen LogP contribution in [0.3, 0.4) is 0 Å². The number of amides is 7. The Hall–Kier alpha value is -5.55. The normalized spacial score (nSPS) is 31.2. The van der Waals surface area contributed by atoms with Crippen LogP contribution in [0, 0.1) is 5.92 Å². The number of anilines is 1. The van der Waals surface area contributed by atoms with Crippen LogP contribution in [0.25, 0.3) is 0 Å². The molecule has 0 spiro atoms. The number of aliphatic hydroxyl groups is 2. The van der Waals surface area contributed by atoms with Crippen LogP contribution < -0.4 is 26.6 Å². The SMILES string of the molecule is CC(C)C[C@@H]1NC(=O)[C@H]([C@@H](C)O)NC(=O)[C@@H]2CCCN2C(=O)CNC(=O)[C@H](Cc2ccccc2)NC(=O)[C@@H]2CCCN2C(=O)[C@@H]2C[C@]3(O)c4ccccc4N[C@@H]3N2C1=O. The predicted octanol–water partition coefficient (Wildman–Crippen LogP) is -0.537. The molecular weight excluding hydrogens is 761 g/mol. The topological polar surface area (TPSA) is 230 Å². The molecule has 17 nitrogen and oxygen atoms in total. The first-order valence-corrected chi connectivity index (χ1v) is 20.6. The van der Waals surface area contributed by atoms with Crippen molar-refractivity contribution in [2.75, 3.05) is 25.0 Å². The van der Waals surface area contributed by atoms with E-state index in [0.29, 0.717) is 24.1 Å². The fraction of sp³-hybridized carbons (Fsp3) is 0.548. The van der Waals surface area contributed by atoms with E-state index in [0.717, 1.165) is 5.56 Å². The lowest BCUT2D eigenvalue weighted by molar-refractivity contribution is -0.150. The summed E-state index contributed by atoms with van der Waals surface area (Å²) in [6.07, 6.45) is -1.11. The highest BCUT2D eigenvalue weighted by molar-refractivity contribution is 5.99. The van der Waals surface area contributed by atoms with E-state index in [2.05, 4.69) is 26.6 Å². The molecule has 0 bridgehead atoms. The number of hydrogen-bond donors (Lipinski definition) is 7. The third-order valence-electron chi connectivity index (χ3n) is 12.2. The molecule has 316 valence electrons. The molecule has 0 saturated carbocycles. The van der Waals surface area contributed by atoms with Gasteiger partial charge in [0.15, 0.2) is 0 Å². The van der Waals surface area contributed by atoms with Gasteiger partial charge in [-0.3, -0.25) is 33.6 Å². The van der Waals surface area contributed by atoms with E-state index in [1.54, 1.807) is 48.5 Å². The molecule has 9 atom stereocenters. The van der Waals surface area contributed by atoms with E-state index in [1.807, 2.05) is 19.9 Å². The van der Waals surface area contributed by atoms with Gasteiger partial charge in [-0.2, -0.15) is 0 Å². The number of fused-ring (bicyclic) bond motifs is 7. The van der Waals surface area contributed by atoms with Gasteiger partial charge in [-0.1, -0.05) is 62.4 Å². The van der Waals surface area contributed by atoms with Crippen molar-refractivity contribution in [1.82, 2.24) is 36.0 Å². The molecule has 0 aromatic heterocycles. The van der Waals surface area contributed by atoms with Gasteiger partial charge in [0, 0.05) is 37.2 Å². The zero-order valence-corrected chi connectivity index (χ0v) is 33.6. The lowest BCUT2D eigenvalue weighted by Crippen LogP contribution is -2.62. The standard InChI is InChI=1S/C42H54N8O9/c1-23(2)19-29-39(57)50-32(21-42(59)26-13-7-8-14-27(26)46-41(42)50)40(58)49-18-10-16-31(49)36(54)44-28(20-25-11-5-4-6-12-25)35(53)43-22-33(52)48-17-9-15-30(48)37(55)47-34(24(3)51)38(56)45-29/h4-8,11-14,23-24,28-32,34,41,46,51,59H,9-10,15-22H2,1-3H3,(H,43,53)(H,44,54)(H,45,56)(H,47,55)/t24-,28+,29+,30+,31+,32+,34+,41-,42+/m1/s1. The van der Waals surface area contributed by atoms with Gasteiger partial charge >= 0.3 is 0 Å². The summed E-state index contributed by atoms with van der Waals surface area (Å²) in [5.41, 5.74) is 0.0812. The number of carbonyl (C=O) groups is 7. The van der Waals surface area contributed by atoms with E-state index < -0.39 is 102 Å². The zero-order chi connectivity index (χ0) is 42.2. The van der Waals surface area contributed by atoms with Crippen LogP contribution in [-0.2, 0) is 45.6 Å². The maximum Gasteiger partial charge on any atom is 0.247 e. The first-order chi connectivity index (χ1) is 28.2. The molecule has 0 radical (unpaired) electrons. The molecule has 59 heavy (non-hydrogen) atoms.